The van der Waals surface area contributed by atoms with Crippen LogP contribution in [0.15, 0.2) is 29.4 Å². The van der Waals surface area contributed by atoms with E-state index in [2.05, 4.69) is 15.9 Å². The number of rotatable bonds is 6. The predicted octanol–water partition coefficient (Wildman–Crippen LogP) is 1.70. The Morgan fingerprint density at radius 3 is 3.12 bits per heavy atom. The Labute approximate surface area is 101 Å². The average Bonchev–Trinajstić information content (AvgIpc) is 2.33. The Bertz CT molecular complexity index is 368. The molecule has 0 saturated heterocycles. The Kier molecular flexibility index (Phi) is 6.12. The van der Waals surface area contributed by atoms with Gasteiger partial charge in [0.05, 0.1) is 11.5 Å². The van der Waals surface area contributed by atoms with Crippen molar-refractivity contribution in [1.29, 1.82) is 0 Å². The smallest absolute Gasteiger partial charge is 0.101 e. The molecular weight excluding hydrogens is 218 g/mol. The molecule has 0 amide bonds. The molecule has 0 bridgehead atoms. The molecule has 1 aromatic heterocycles. The van der Waals surface area contributed by atoms with Crippen LogP contribution >= 0.6 is 11.8 Å². The zero-order valence-corrected chi connectivity index (χ0v) is 9.91. The van der Waals surface area contributed by atoms with Crippen molar-refractivity contribution >= 4 is 17.6 Å². The standard InChI is InChI=1S/C12H15N3S/c1-2-7-15-12(13)6-9-16-10-11-5-3-4-8-14-11/h1,3-5,8H,6-7,9-10H2,(H2,13,15). The minimum Gasteiger partial charge on any atom is -0.387 e. The van der Waals surface area contributed by atoms with E-state index in [9.17, 15) is 0 Å². The third-order valence-corrected chi connectivity index (χ3v) is 2.84. The molecule has 0 aromatic carbocycles. The summed E-state index contributed by atoms with van der Waals surface area (Å²) in [6, 6.07) is 5.92. The van der Waals surface area contributed by atoms with Crippen molar-refractivity contribution in [3.63, 3.8) is 0 Å². The lowest BCUT2D eigenvalue weighted by atomic mass is 10.4. The summed E-state index contributed by atoms with van der Waals surface area (Å²) in [7, 11) is 0. The molecule has 0 aliphatic carbocycles. The highest BCUT2D eigenvalue weighted by atomic mass is 32.2. The van der Waals surface area contributed by atoms with Crippen molar-refractivity contribution < 1.29 is 0 Å². The van der Waals surface area contributed by atoms with Crippen molar-refractivity contribution in [1.82, 2.24) is 4.98 Å². The summed E-state index contributed by atoms with van der Waals surface area (Å²) >= 11 is 1.79. The molecule has 16 heavy (non-hydrogen) atoms. The molecule has 1 heterocycles. The number of amidine groups is 1. The molecule has 1 rings (SSSR count). The van der Waals surface area contributed by atoms with Gasteiger partial charge in [-0.05, 0) is 12.1 Å². The maximum atomic E-state index is 5.66. The molecule has 1 aromatic rings. The number of hydrogen-bond donors (Lipinski definition) is 1. The van der Waals surface area contributed by atoms with E-state index >= 15 is 0 Å². The molecule has 84 valence electrons. The molecule has 0 unspecified atom stereocenters. The molecule has 0 aliphatic rings. The highest BCUT2D eigenvalue weighted by Gasteiger charge is 1.95. The van der Waals surface area contributed by atoms with E-state index in [4.69, 9.17) is 12.2 Å². The molecule has 0 spiro atoms. The fraction of sp³-hybridized carbons (Fsp3) is 0.333. The van der Waals surface area contributed by atoms with Crippen LogP contribution in [0, 0.1) is 12.3 Å². The first-order chi connectivity index (χ1) is 7.83. The maximum absolute atomic E-state index is 5.66. The lowest BCUT2D eigenvalue weighted by Crippen LogP contribution is -2.13. The van der Waals surface area contributed by atoms with Crippen LogP contribution in [0.4, 0.5) is 0 Å². The zero-order chi connectivity index (χ0) is 11.6. The van der Waals surface area contributed by atoms with E-state index < -0.39 is 0 Å². The summed E-state index contributed by atoms with van der Waals surface area (Å²) in [6.45, 7) is 0.372. The molecule has 0 fully saturated rings. The van der Waals surface area contributed by atoms with Gasteiger partial charge in [-0.1, -0.05) is 12.0 Å². The van der Waals surface area contributed by atoms with E-state index in [-0.39, 0.29) is 0 Å². The first-order valence-corrected chi connectivity index (χ1v) is 6.18. The second kappa shape index (κ2) is 7.77. The van der Waals surface area contributed by atoms with Gasteiger partial charge in [-0.25, -0.2) is 0 Å². The van der Waals surface area contributed by atoms with Gasteiger partial charge in [0.2, 0.25) is 0 Å². The Morgan fingerprint density at radius 1 is 1.56 bits per heavy atom. The van der Waals surface area contributed by atoms with Crippen LogP contribution in [0.25, 0.3) is 0 Å². The quantitative estimate of drug-likeness (QED) is 0.352. The SMILES string of the molecule is C#CCN=C(N)CCSCc1ccccn1. The summed E-state index contributed by atoms with van der Waals surface area (Å²) in [4.78, 5) is 8.25. The van der Waals surface area contributed by atoms with Gasteiger partial charge in [-0.15, -0.1) is 6.42 Å². The lowest BCUT2D eigenvalue weighted by Gasteiger charge is -2.01. The third-order valence-electron chi connectivity index (χ3n) is 1.85. The molecule has 0 aliphatic heterocycles. The first-order valence-electron chi connectivity index (χ1n) is 5.03. The highest BCUT2D eigenvalue weighted by molar-refractivity contribution is 7.98. The lowest BCUT2D eigenvalue weighted by molar-refractivity contribution is 1.16. The summed E-state index contributed by atoms with van der Waals surface area (Å²) in [6.07, 6.45) is 7.66. The second-order valence-corrected chi connectivity index (χ2v) is 4.24. The van der Waals surface area contributed by atoms with Crippen molar-refractivity contribution in [2.75, 3.05) is 12.3 Å². The van der Waals surface area contributed by atoms with Crippen molar-refractivity contribution in [3.8, 4) is 12.3 Å². The number of thioether (sulfide) groups is 1. The molecule has 2 N–H and O–H groups in total. The molecule has 4 heteroatoms. The molecule has 0 atom stereocenters. The fourth-order valence-corrected chi connectivity index (χ4v) is 1.94. The van der Waals surface area contributed by atoms with Crippen LogP contribution in [0.3, 0.4) is 0 Å². The Hall–Kier alpha value is -1.47. The highest BCUT2D eigenvalue weighted by Crippen LogP contribution is 2.10. The summed E-state index contributed by atoms with van der Waals surface area (Å²) in [5.41, 5.74) is 6.75. The van der Waals surface area contributed by atoms with Gasteiger partial charge in [-0.2, -0.15) is 11.8 Å². The minimum absolute atomic E-state index is 0.372. The maximum Gasteiger partial charge on any atom is 0.101 e. The van der Waals surface area contributed by atoms with Crippen molar-refractivity contribution in [2.24, 2.45) is 10.7 Å². The number of aliphatic imine (C=N–C) groups is 1. The molecule has 3 nitrogen and oxygen atoms in total. The van der Waals surface area contributed by atoms with Crippen LogP contribution in [0.2, 0.25) is 0 Å². The van der Waals surface area contributed by atoms with Gasteiger partial charge in [0.25, 0.3) is 0 Å². The second-order valence-electron chi connectivity index (χ2n) is 3.14. The normalized spacial score (nSPS) is 11.1. The Balaban J connectivity index is 2.15. The summed E-state index contributed by atoms with van der Waals surface area (Å²) in [5.74, 6) is 4.91. The van der Waals surface area contributed by atoms with E-state index in [0.717, 1.165) is 23.6 Å². The largest absolute Gasteiger partial charge is 0.387 e. The van der Waals surface area contributed by atoms with Gasteiger partial charge >= 0.3 is 0 Å². The van der Waals surface area contributed by atoms with Crippen LogP contribution < -0.4 is 5.73 Å². The molecular formula is C12H15N3S. The first kappa shape index (κ1) is 12.6. The summed E-state index contributed by atoms with van der Waals surface area (Å²) in [5, 5.41) is 0. The third kappa shape index (κ3) is 5.42. The van der Waals surface area contributed by atoms with Gasteiger partial charge in [0.1, 0.15) is 6.54 Å². The summed E-state index contributed by atoms with van der Waals surface area (Å²) < 4.78 is 0. The molecule has 0 saturated carbocycles. The monoisotopic (exact) mass is 233 g/mol. The van der Waals surface area contributed by atoms with E-state index in [1.165, 1.54) is 0 Å². The number of nitrogens with zero attached hydrogens (tertiary/aromatic N) is 2. The number of hydrogen-bond acceptors (Lipinski definition) is 3. The zero-order valence-electron chi connectivity index (χ0n) is 9.10. The topological polar surface area (TPSA) is 51.3 Å². The van der Waals surface area contributed by atoms with Crippen molar-refractivity contribution in [2.45, 2.75) is 12.2 Å². The Morgan fingerprint density at radius 2 is 2.44 bits per heavy atom. The van der Waals surface area contributed by atoms with E-state index in [1.54, 1.807) is 18.0 Å². The number of terminal acetylenes is 1. The minimum atomic E-state index is 0.372. The van der Waals surface area contributed by atoms with E-state index in [1.807, 2.05) is 18.2 Å². The van der Waals surface area contributed by atoms with E-state index in [0.29, 0.717) is 12.4 Å². The van der Waals surface area contributed by atoms with Crippen LogP contribution in [-0.2, 0) is 5.75 Å². The van der Waals surface area contributed by atoms with Crippen molar-refractivity contribution in [3.05, 3.63) is 30.1 Å². The van der Waals surface area contributed by atoms with Gasteiger partial charge in [0, 0.05) is 24.1 Å². The molecule has 0 radical (unpaired) electrons. The predicted molar refractivity (Wildman–Crippen MR) is 70.3 cm³/mol. The number of pyridine rings is 1. The van der Waals surface area contributed by atoms with Gasteiger partial charge < -0.3 is 5.73 Å². The van der Waals surface area contributed by atoms with Gasteiger partial charge in [0.15, 0.2) is 0 Å². The van der Waals surface area contributed by atoms with Crippen LogP contribution in [-0.4, -0.2) is 23.1 Å². The van der Waals surface area contributed by atoms with Gasteiger partial charge in [-0.3, -0.25) is 9.98 Å². The average molecular weight is 233 g/mol. The number of nitrogens with two attached hydrogens (primary N) is 1. The fourth-order valence-electron chi connectivity index (χ4n) is 1.06. The van der Waals surface area contributed by atoms with Crippen LogP contribution in [0.5, 0.6) is 0 Å². The number of aromatic nitrogens is 1. The van der Waals surface area contributed by atoms with Crippen LogP contribution in [0.1, 0.15) is 12.1 Å².